The monoisotopic (exact) mass is 529 g/mol. The molecule has 0 radical (unpaired) electrons. The Morgan fingerprint density at radius 1 is 1.03 bits per heavy atom. The van der Waals surface area contributed by atoms with Crippen LogP contribution in [0.3, 0.4) is 0 Å². The van der Waals surface area contributed by atoms with Gasteiger partial charge in [0.1, 0.15) is 18.1 Å². The Labute approximate surface area is 224 Å². The normalized spacial score (nSPS) is 10.7. The molecule has 0 aliphatic rings. The number of ether oxygens (including phenoxy) is 1. The number of carbonyl (C=O) groups excluding carboxylic acids is 1. The van der Waals surface area contributed by atoms with Gasteiger partial charge in [0.15, 0.2) is 5.03 Å². The minimum Gasteiger partial charge on any atom is -0.493 e. The number of carboxylic acids is 1. The van der Waals surface area contributed by atoms with Crippen LogP contribution in [0.1, 0.15) is 39.4 Å². The number of carbonyl (C=O) groups is 2. The number of nitrogens with zero attached hydrogens (tertiary/aromatic N) is 3. The number of nitro groups is 1. The lowest BCUT2D eigenvalue weighted by atomic mass is 10.0. The number of oxazole rings is 1. The lowest BCUT2D eigenvalue weighted by Gasteiger charge is -2.16. The van der Waals surface area contributed by atoms with Crippen LogP contribution in [0, 0.1) is 17.0 Å². The van der Waals surface area contributed by atoms with Gasteiger partial charge in [-0.3, -0.25) is 9.59 Å². The summed E-state index contributed by atoms with van der Waals surface area (Å²) in [6.07, 6.45) is 0.238. The molecule has 0 fully saturated rings. The second-order valence-electron chi connectivity index (χ2n) is 8.79. The van der Waals surface area contributed by atoms with Gasteiger partial charge < -0.3 is 14.3 Å². The van der Waals surface area contributed by atoms with Crippen LogP contribution in [0.2, 0.25) is 0 Å². The molecule has 1 aromatic heterocycles. The SMILES string of the molecule is Cc1oc(-c2ccccc2)nc1CCOc1ccc(CCC(=O)O)c(C(=O)N(Cc2ccccc2)[N+](=O)[O-])c1. The molecule has 0 aliphatic heterocycles. The number of hydrogen-bond acceptors (Lipinski definition) is 7. The molecule has 0 atom stereocenters. The number of rotatable bonds is 12. The van der Waals surface area contributed by atoms with Gasteiger partial charge in [-0.2, -0.15) is 0 Å². The highest BCUT2D eigenvalue weighted by Crippen LogP contribution is 2.24. The molecule has 0 unspecified atom stereocenters. The number of aliphatic carboxylic acids is 1. The number of aromatic nitrogens is 1. The molecule has 0 saturated heterocycles. The second-order valence-corrected chi connectivity index (χ2v) is 8.79. The number of carboxylic acid groups (broad SMARTS) is 1. The Morgan fingerprint density at radius 2 is 1.72 bits per heavy atom. The molecule has 0 spiro atoms. The van der Waals surface area contributed by atoms with Crippen LogP contribution in [-0.2, 0) is 24.2 Å². The minimum atomic E-state index is -1.04. The molecule has 1 heterocycles. The van der Waals surface area contributed by atoms with E-state index < -0.39 is 16.9 Å². The van der Waals surface area contributed by atoms with Crippen molar-refractivity contribution in [1.82, 2.24) is 9.99 Å². The molecular formula is C29H27N3O7. The third-order valence-corrected chi connectivity index (χ3v) is 6.05. The maximum atomic E-state index is 13.3. The molecule has 39 heavy (non-hydrogen) atoms. The summed E-state index contributed by atoms with van der Waals surface area (Å²) in [5, 5.41) is 20.7. The summed E-state index contributed by atoms with van der Waals surface area (Å²) in [6, 6.07) is 22.7. The van der Waals surface area contributed by atoms with E-state index in [1.165, 1.54) is 6.07 Å². The van der Waals surface area contributed by atoms with Crippen LogP contribution < -0.4 is 4.74 Å². The van der Waals surface area contributed by atoms with Crippen molar-refractivity contribution >= 4 is 11.9 Å². The minimum absolute atomic E-state index is 0.0189. The van der Waals surface area contributed by atoms with Crippen molar-refractivity contribution in [3.05, 3.63) is 117 Å². The van der Waals surface area contributed by atoms with Crippen molar-refractivity contribution in [1.29, 1.82) is 0 Å². The summed E-state index contributed by atoms with van der Waals surface area (Å²) < 4.78 is 11.7. The number of hydrogen-bond donors (Lipinski definition) is 1. The first-order chi connectivity index (χ1) is 18.8. The summed E-state index contributed by atoms with van der Waals surface area (Å²) in [6.45, 7) is 1.79. The van der Waals surface area contributed by atoms with Crippen molar-refractivity contribution in [3.63, 3.8) is 0 Å². The van der Waals surface area contributed by atoms with Crippen molar-refractivity contribution in [2.45, 2.75) is 32.7 Å². The van der Waals surface area contributed by atoms with Crippen molar-refractivity contribution in [3.8, 4) is 17.2 Å². The van der Waals surface area contributed by atoms with Gasteiger partial charge in [0.25, 0.3) is 0 Å². The summed E-state index contributed by atoms with van der Waals surface area (Å²) >= 11 is 0. The third kappa shape index (κ3) is 7.07. The standard InChI is InChI=1S/C29H27N3O7/c1-20-26(30-28(39-20)23-10-6-3-7-11-23)16-17-38-24-14-12-22(13-15-27(33)34)25(18-24)29(35)31(32(36)37)19-21-8-4-2-5-9-21/h2-12,14,18H,13,15-17,19H2,1H3,(H,33,34). The van der Waals surface area contributed by atoms with E-state index in [9.17, 15) is 19.7 Å². The summed E-state index contributed by atoms with van der Waals surface area (Å²) in [4.78, 5) is 40.9. The van der Waals surface area contributed by atoms with E-state index in [-0.39, 0.29) is 31.6 Å². The first-order valence-corrected chi connectivity index (χ1v) is 12.3. The van der Waals surface area contributed by atoms with Gasteiger partial charge in [-0.25, -0.2) is 15.1 Å². The Bertz CT molecular complexity index is 1450. The molecule has 3 aromatic carbocycles. The lowest BCUT2D eigenvalue weighted by Crippen LogP contribution is -2.36. The van der Waals surface area contributed by atoms with Crippen LogP contribution in [0.15, 0.2) is 83.3 Å². The number of benzene rings is 3. The molecule has 200 valence electrons. The highest BCUT2D eigenvalue weighted by molar-refractivity contribution is 5.95. The molecule has 10 heteroatoms. The van der Waals surface area contributed by atoms with Gasteiger partial charge >= 0.3 is 11.9 Å². The van der Waals surface area contributed by atoms with Crippen molar-refractivity contribution in [2.75, 3.05) is 6.61 Å². The van der Waals surface area contributed by atoms with Crippen LogP contribution in [-0.4, -0.2) is 38.6 Å². The fourth-order valence-electron chi connectivity index (χ4n) is 4.03. The number of hydrazine groups is 1. The zero-order chi connectivity index (χ0) is 27.8. The van der Waals surface area contributed by atoms with Gasteiger partial charge in [-0.05, 0) is 48.7 Å². The van der Waals surface area contributed by atoms with E-state index in [2.05, 4.69) is 4.98 Å². The molecular weight excluding hydrogens is 502 g/mol. The predicted octanol–water partition coefficient (Wildman–Crippen LogP) is 5.12. The summed E-state index contributed by atoms with van der Waals surface area (Å²) in [5.41, 5.74) is 2.57. The van der Waals surface area contributed by atoms with Gasteiger partial charge in [0.05, 0.1) is 17.9 Å². The van der Waals surface area contributed by atoms with Gasteiger partial charge in [-0.1, -0.05) is 59.6 Å². The zero-order valence-electron chi connectivity index (χ0n) is 21.3. The largest absolute Gasteiger partial charge is 0.493 e. The first-order valence-electron chi connectivity index (χ1n) is 12.3. The third-order valence-electron chi connectivity index (χ3n) is 6.05. The molecule has 4 aromatic rings. The first kappa shape index (κ1) is 27.1. The van der Waals surface area contributed by atoms with E-state index >= 15 is 0 Å². The second kappa shape index (κ2) is 12.5. The fourth-order valence-corrected chi connectivity index (χ4v) is 4.03. The predicted molar refractivity (Wildman–Crippen MR) is 142 cm³/mol. The zero-order valence-corrected chi connectivity index (χ0v) is 21.3. The Balaban J connectivity index is 1.52. The number of aryl methyl sites for hydroxylation is 2. The maximum absolute atomic E-state index is 13.3. The molecule has 1 N–H and O–H groups in total. The highest BCUT2D eigenvalue weighted by Gasteiger charge is 2.28. The van der Waals surface area contributed by atoms with Crippen molar-refractivity contribution < 1.29 is 28.9 Å². The van der Waals surface area contributed by atoms with E-state index in [1.54, 1.807) is 42.5 Å². The summed E-state index contributed by atoms with van der Waals surface area (Å²) in [7, 11) is 0. The Kier molecular flexibility index (Phi) is 8.67. The molecule has 4 rings (SSSR count). The summed E-state index contributed by atoms with van der Waals surface area (Å²) in [5.74, 6) is -0.390. The molecule has 0 aliphatic carbocycles. The van der Waals surface area contributed by atoms with Crippen LogP contribution in [0.25, 0.3) is 11.5 Å². The molecule has 1 amide bonds. The van der Waals surface area contributed by atoms with Crippen LogP contribution >= 0.6 is 0 Å². The van der Waals surface area contributed by atoms with Gasteiger partial charge in [-0.15, -0.1) is 0 Å². The van der Waals surface area contributed by atoms with E-state index in [1.807, 2.05) is 37.3 Å². The Morgan fingerprint density at radius 3 is 2.38 bits per heavy atom. The average Bonchev–Trinajstić information content (AvgIpc) is 3.31. The average molecular weight is 530 g/mol. The van der Waals surface area contributed by atoms with E-state index in [0.717, 1.165) is 11.3 Å². The highest BCUT2D eigenvalue weighted by atomic mass is 16.7. The van der Waals surface area contributed by atoms with Crippen molar-refractivity contribution in [2.24, 2.45) is 0 Å². The van der Waals surface area contributed by atoms with Crippen LogP contribution in [0.4, 0.5) is 0 Å². The van der Waals surface area contributed by atoms with Gasteiger partial charge in [0, 0.05) is 18.4 Å². The smallest absolute Gasteiger partial charge is 0.314 e. The molecule has 0 saturated carbocycles. The maximum Gasteiger partial charge on any atom is 0.314 e. The fraction of sp³-hybridized carbons (Fsp3) is 0.207. The topological polar surface area (TPSA) is 136 Å². The van der Waals surface area contributed by atoms with Crippen LogP contribution in [0.5, 0.6) is 5.75 Å². The lowest BCUT2D eigenvalue weighted by molar-refractivity contribution is -0.635. The molecule has 0 bridgehead atoms. The van der Waals surface area contributed by atoms with Gasteiger partial charge in [0.2, 0.25) is 5.89 Å². The van der Waals surface area contributed by atoms with E-state index in [4.69, 9.17) is 14.3 Å². The van der Waals surface area contributed by atoms with E-state index in [0.29, 0.717) is 40.0 Å². The number of amides is 1. The quantitative estimate of drug-likeness (QED) is 0.197. The Hall–Kier alpha value is -4.99. The molecule has 10 nitrogen and oxygen atoms in total.